The second-order valence-corrected chi connectivity index (χ2v) is 6.02. The number of carbonyl (C=O) groups is 1. The van der Waals surface area contributed by atoms with E-state index >= 15 is 0 Å². The van der Waals surface area contributed by atoms with E-state index in [0.29, 0.717) is 11.3 Å². The van der Waals surface area contributed by atoms with Gasteiger partial charge in [-0.1, -0.05) is 4.47 Å². The van der Waals surface area contributed by atoms with Gasteiger partial charge in [0.15, 0.2) is 0 Å². The van der Waals surface area contributed by atoms with Crippen molar-refractivity contribution in [3.05, 3.63) is 48.4 Å². The number of sulfonamides is 1. The molecule has 0 aliphatic rings. The molecule has 21 heavy (non-hydrogen) atoms. The Morgan fingerprint density at radius 2 is 1.90 bits per heavy atom. The highest BCUT2D eigenvalue weighted by molar-refractivity contribution is 7.89. The maximum Gasteiger partial charge on any atom is 0.264 e. The van der Waals surface area contributed by atoms with Crippen LogP contribution in [0.3, 0.4) is 0 Å². The van der Waals surface area contributed by atoms with Crippen molar-refractivity contribution >= 4 is 21.6 Å². The smallest absolute Gasteiger partial charge is 0.264 e. The van der Waals surface area contributed by atoms with E-state index in [1.165, 1.54) is 57.0 Å². The highest BCUT2D eigenvalue weighted by Gasteiger charge is 2.20. The van der Waals surface area contributed by atoms with E-state index in [1.807, 2.05) is 0 Å². The predicted octanol–water partition coefficient (Wildman–Crippen LogP) is 1.71. The summed E-state index contributed by atoms with van der Waals surface area (Å²) in [6.07, 6.45) is 2.72. The summed E-state index contributed by atoms with van der Waals surface area (Å²) in [5.41, 5.74) is 0.853. The molecule has 0 bridgehead atoms. The number of hydrogen-bond donors (Lipinski definition) is 1. The molecular weight excluding hydrogens is 296 g/mol. The summed E-state index contributed by atoms with van der Waals surface area (Å²) < 4.78 is 29.5. The standard InChI is InChI=1S/C13H14N2O5S/c1-15(19-2)21(17,18)12-5-3-11(4-6-12)14-13(16)10-7-8-20-9-10/h3-9H,1-2H3,(H,14,16). The summed E-state index contributed by atoms with van der Waals surface area (Å²) in [5, 5.41) is 2.63. The molecule has 0 aliphatic heterocycles. The summed E-state index contributed by atoms with van der Waals surface area (Å²) in [6.45, 7) is 0. The lowest BCUT2D eigenvalue weighted by Gasteiger charge is -2.14. The Labute approximate surface area is 122 Å². The predicted molar refractivity (Wildman–Crippen MR) is 75.1 cm³/mol. The number of rotatable bonds is 5. The highest BCUT2D eigenvalue weighted by Crippen LogP contribution is 2.18. The number of nitrogens with one attached hydrogen (secondary N) is 1. The fraction of sp³-hybridized carbons (Fsp3) is 0.154. The molecule has 0 aliphatic carbocycles. The topological polar surface area (TPSA) is 88.9 Å². The molecule has 0 spiro atoms. The van der Waals surface area contributed by atoms with Crippen LogP contribution in [0, 0.1) is 0 Å². The molecule has 0 saturated carbocycles. The zero-order chi connectivity index (χ0) is 15.5. The van der Waals surface area contributed by atoms with Gasteiger partial charge in [-0.2, -0.15) is 0 Å². The van der Waals surface area contributed by atoms with Crippen LogP contribution in [0.1, 0.15) is 10.4 Å². The first kappa shape index (κ1) is 15.2. The van der Waals surface area contributed by atoms with E-state index in [9.17, 15) is 13.2 Å². The van der Waals surface area contributed by atoms with Gasteiger partial charge >= 0.3 is 0 Å². The Balaban J connectivity index is 2.15. The number of benzene rings is 1. The minimum atomic E-state index is -3.69. The summed E-state index contributed by atoms with van der Waals surface area (Å²) in [5.74, 6) is -0.339. The van der Waals surface area contributed by atoms with Crippen LogP contribution in [-0.4, -0.2) is 33.0 Å². The SMILES string of the molecule is CON(C)S(=O)(=O)c1ccc(NC(=O)c2ccoc2)cc1. The van der Waals surface area contributed by atoms with E-state index in [1.54, 1.807) is 0 Å². The highest BCUT2D eigenvalue weighted by atomic mass is 32.2. The number of hydroxylamine groups is 1. The largest absolute Gasteiger partial charge is 0.472 e. The number of nitrogens with zero attached hydrogens (tertiary/aromatic N) is 1. The molecule has 8 heteroatoms. The molecular formula is C13H14N2O5S. The van der Waals surface area contributed by atoms with Gasteiger partial charge in [-0.25, -0.2) is 8.42 Å². The Bertz CT molecular complexity index is 708. The zero-order valence-corrected chi connectivity index (χ0v) is 12.3. The van der Waals surface area contributed by atoms with Gasteiger partial charge in [0.25, 0.3) is 15.9 Å². The Kier molecular flexibility index (Phi) is 4.41. The second kappa shape index (κ2) is 6.08. The average molecular weight is 310 g/mol. The maximum absolute atomic E-state index is 12.0. The lowest BCUT2D eigenvalue weighted by molar-refractivity contribution is -0.0258. The lowest BCUT2D eigenvalue weighted by Crippen LogP contribution is -2.25. The fourth-order valence-electron chi connectivity index (χ4n) is 1.55. The second-order valence-electron chi connectivity index (χ2n) is 4.09. The summed E-state index contributed by atoms with van der Waals surface area (Å²) >= 11 is 0. The third-order valence-corrected chi connectivity index (χ3v) is 4.48. The van der Waals surface area contributed by atoms with E-state index in [0.717, 1.165) is 4.47 Å². The van der Waals surface area contributed by atoms with Gasteiger partial charge in [0.05, 0.1) is 23.8 Å². The van der Waals surface area contributed by atoms with Crippen molar-refractivity contribution in [3.8, 4) is 0 Å². The average Bonchev–Trinajstić information content (AvgIpc) is 3.01. The molecule has 1 amide bonds. The molecule has 1 aromatic carbocycles. The number of hydrogen-bond acceptors (Lipinski definition) is 5. The van der Waals surface area contributed by atoms with Crippen LogP contribution in [0.25, 0.3) is 0 Å². The molecule has 0 saturated heterocycles. The van der Waals surface area contributed by atoms with Crippen LogP contribution in [0.5, 0.6) is 0 Å². The molecule has 1 aromatic heterocycles. The maximum atomic E-state index is 12.0. The van der Waals surface area contributed by atoms with E-state index in [-0.39, 0.29) is 10.8 Å². The van der Waals surface area contributed by atoms with Gasteiger partial charge in [-0.3, -0.25) is 9.63 Å². The molecule has 1 heterocycles. The zero-order valence-electron chi connectivity index (χ0n) is 11.4. The van der Waals surface area contributed by atoms with Crippen molar-refractivity contribution in [1.29, 1.82) is 0 Å². The van der Waals surface area contributed by atoms with Crippen LogP contribution >= 0.6 is 0 Å². The van der Waals surface area contributed by atoms with Gasteiger partial charge in [-0.15, -0.1) is 0 Å². The van der Waals surface area contributed by atoms with E-state index < -0.39 is 10.0 Å². The number of furan rings is 1. The molecule has 0 fully saturated rings. The van der Waals surface area contributed by atoms with Crippen molar-refractivity contribution in [2.75, 3.05) is 19.5 Å². The first-order valence-electron chi connectivity index (χ1n) is 5.92. The third kappa shape index (κ3) is 3.30. The van der Waals surface area contributed by atoms with E-state index in [2.05, 4.69) is 10.2 Å². The van der Waals surface area contributed by atoms with Crippen LogP contribution in [0.15, 0.2) is 52.2 Å². The monoisotopic (exact) mass is 310 g/mol. The molecule has 2 aromatic rings. The Morgan fingerprint density at radius 3 is 2.43 bits per heavy atom. The summed E-state index contributed by atoms with van der Waals surface area (Å²) in [6, 6.07) is 7.29. The van der Waals surface area contributed by atoms with Crippen molar-refractivity contribution < 1.29 is 22.5 Å². The van der Waals surface area contributed by atoms with Crippen molar-refractivity contribution in [2.45, 2.75) is 4.90 Å². The molecule has 7 nitrogen and oxygen atoms in total. The molecule has 0 unspecified atom stereocenters. The minimum absolute atomic E-state index is 0.0631. The first-order valence-corrected chi connectivity index (χ1v) is 7.36. The molecule has 1 N–H and O–H groups in total. The Morgan fingerprint density at radius 1 is 1.24 bits per heavy atom. The van der Waals surface area contributed by atoms with Crippen LogP contribution in [-0.2, 0) is 14.9 Å². The lowest BCUT2D eigenvalue weighted by atomic mass is 10.3. The molecule has 112 valence electrons. The van der Waals surface area contributed by atoms with Gasteiger partial charge in [0.1, 0.15) is 6.26 Å². The first-order chi connectivity index (χ1) is 9.95. The van der Waals surface area contributed by atoms with Crippen LogP contribution < -0.4 is 5.32 Å². The minimum Gasteiger partial charge on any atom is -0.472 e. The normalized spacial score (nSPS) is 11.6. The van der Waals surface area contributed by atoms with Crippen molar-refractivity contribution in [1.82, 2.24) is 4.47 Å². The number of anilines is 1. The molecule has 2 rings (SSSR count). The Hall–Kier alpha value is -2.16. The quantitative estimate of drug-likeness (QED) is 0.849. The van der Waals surface area contributed by atoms with Crippen molar-refractivity contribution in [2.24, 2.45) is 0 Å². The summed E-state index contributed by atoms with van der Waals surface area (Å²) in [7, 11) is -1.14. The van der Waals surface area contributed by atoms with Gasteiger partial charge in [0.2, 0.25) is 0 Å². The number of carbonyl (C=O) groups excluding carboxylic acids is 1. The van der Waals surface area contributed by atoms with Gasteiger partial charge in [-0.05, 0) is 30.3 Å². The van der Waals surface area contributed by atoms with Gasteiger partial charge in [0, 0.05) is 12.7 Å². The van der Waals surface area contributed by atoms with Crippen LogP contribution in [0.2, 0.25) is 0 Å². The van der Waals surface area contributed by atoms with Gasteiger partial charge < -0.3 is 9.73 Å². The fourth-order valence-corrected chi connectivity index (χ4v) is 2.53. The molecule has 0 radical (unpaired) electrons. The third-order valence-electron chi connectivity index (χ3n) is 2.79. The van der Waals surface area contributed by atoms with Crippen molar-refractivity contribution in [3.63, 3.8) is 0 Å². The van der Waals surface area contributed by atoms with Crippen LogP contribution in [0.4, 0.5) is 5.69 Å². The number of amides is 1. The van der Waals surface area contributed by atoms with E-state index in [4.69, 9.17) is 4.42 Å². The molecule has 0 atom stereocenters. The summed E-state index contributed by atoms with van der Waals surface area (Å²) in [4.78, 5) is 16.5.